The molecule has 3 aromatic carbocycles. The molecule has 0 aliphatic carbocycles. The van der Waals surface area contributed by atoms with E-state index in [2.05, 4.69) is 21.2 Å². The van der Waals surface area contributed by atoms with Crippen LogP contribution in [-0.2, 0) is 17.9 Å². The first-order valence-electron chi connectivity index (χ1n) is 9.86. The fourth-order valence-electron chi connectivity index (χ4n) is 3.36. The third-order valence-electron chi connectivity index (χ3n) is 4.89. The molecule has 3 amide bonds. The SMILES string of the molecule is Cc1cccc(CN2C(=O)N/C(=C/c3cc(Br)ccc3OCc3ccccc3)C2=O)c1. The van der Waals surface area contributed by atoms with Crippen LogP contribution in [0.3, 0.4) is 0 Å². The van der Waals surface area contributed by atoms with Gasteiger partial charge in [-0.25, -0.2) is 4.79 Å². The summed E-state index contributed by atoms with van der Waals surface area (Å²) in [5.41, 5.74) is 3.94. The number of carbonyl (C=O) groups excluding carboxylic acids is 2. The molecule has 3 aromatic rings. The van der Waals surface area contributed by atoms with Gasteiger partial charge in [0, 0.05) is 10.0 Å². The number of rotatable bonds is 6. The van der Waals surface area contributed by atoms with Gasteiger partial charge in [-0.1, -0.05) is 76.1 Å². The Morgan fingerprint density at radius 1 is 0.968 bits per heavy atom. The molecule has 31 heavy (non-hydrogen) atoms. The zero-order chi connectivity index (χ0) is 21.8. The average molecular weight is 477 g/mol. The lowest BCUT2D eigenvalue weighted by Crippen LogP contribution is -2.30. The van der Waals surface area contributed by atoms with E-state index in [0.717, 1.165) is 21.2 Å². The van der Waals surface area contributed by atoms with Gasteiger partial charge in [-0.3, -0.25) is 9.69 Å². The van der Waals surface area contributed by atoms with Crippen LogP contribution in [0.4, 0.5) is 4.79 Å². The normalized spacial score (nSPS) is 14.8. The molecule has 1 N–H and O–H groups in total. The molecule has 1 aliphatic heterocycles. The van der Waals surface area contributed by atoms with Gasteiger partial charge in [-0.05, 0) is 42.3 Å². The fraction of sp³-hybridized carbons (Fsp3) is 0.120. The van der Waals surface area contributed by atoms with Crippen LogP contribution in [0.5, 0.6) is 5.75 Å². The largest absolute Gasteiger partial charge is 0.488 e. The second-order valence-corrected chi connectivity index (χ2v) is 8.24. The van der Waals surface area contributed by atoms with Gasteiger partial charge < -0.3 is 10.1 Å². The van der Waals surface area contributed by atoms with Crippen molar-refractivity contribution in [2.45, 2.75) is 20.1 Å². The molecule has 1 aliphatic rings. The Kier molecular flexibility index (Phi) is 6.18. The quantitative estimate of drug-likeness (QED) is 0.381. The van der Waals surface area contributed by atoms with E-state index in [9.17, 15) is 9.59 Å². The second-order valence-electron chi connectivity index (χ2n) is 7.32. The molecular formula is C25H21BrN2O3. The Labute approximate surface area is 189 Å². The molecular weight excluding hydrogens is 456 g/mol. The van der Waals surface area contributed by atoms with E-state index < -0.39 is 6.03 Å². The van der Waals surface area contributed by atoms with Crippen molar-refractivity contribution in [3.05, 3.63) is 105 Å². The molecule has 156 valence electrons. The standard InChI is InChI=1S/C25H21BrN2O3/c1-17-6-5-9-19(12-17)15-28-24(29)22(27-25(28)30)14-20-13-21(26)10-11-23(20)31-16-18-7-3-2-4-8-18/h2-14H,15-16H2,1H3,(H,27,30)/b22-14+. The molecule has 0 atom stereocenters. The molecule has 4 rings (SSSR count). The van der Waals surface area contributed by atoms with Crippen LogP contribution in [0.1, 0.15) is 22.3 Å². The third kappa shape index (κ3) is 5.03. The number of nitrogens with zero attached hydrogens (tertiary/aromatic N) is 1. The van der Waals surface area contributed by atoms with Crippen molar-refractivity contribution in [2.75, 3.05) is 0 Å². The minimum atomic E-state index is -0.431. The van der Waals surface area contributed by atoms with Crippen molar-refractivity contribution < 1.29 is 14.3 Å². The highest BCUT2D eigenvalue weighted by Gasteiger charge is 2.33. The van der Waals surface area contributed by atoms with Crippen molar-refractivity contribution in [3.8, 4) is 5.75 Å². The molecule has 5 nitrogen and oxygen atoms in total. The lowest BCUT2D eigenvalue weighted by molar-refractivity contribution is -0.123. The van der Waals surface area contributed by atoms with Crippen molar-refractivity contribution in [1.82, 2.24) is 10.2 Å². The van der Waals surface area contributed by atoms with E-state index in [0.29, 0.717) is 17.9 Å². The van der Waals surface area contributed by atoms with Crippen LogP contribution >= 0.6 is 15.9 Å². The lowest BCUT2D eigenvalue weighted by Gasteiger charge is -2.12. The monoisotopic (exact) mass is 476 g/mol. The first kappa shape index (κ1) is 20.9. The number of hydrogen-bond acceptors (Lipinski definition) is 3. The van der Waals surface area contributed by atoms with Gasteiger partial charge >= 0.3 is 6.03 Å². The van der Waals surface area contributed by atoms with Crippen LogP contribution in [0.25, 0.3) is 6.08 Å². The smallest absolute Gasteiger partial charge is 0.329 e. The number of amides is 3. The minimum Gasteiger partial charge on any atom is -0.488 e. The lowest BCUT2D eigenvalue weighted by atomic mass is 10.1. The number of halogens is 1. The van der Waals surface area contributed by atoms with Crippen LogP contribution in [-0.4, -0.2) is 16.8 Å². The van der Waals surface area contributed by atoms with E-state index >= 15 is 0 Å². The summed E-state index contributed by atoms with van der Waals surface area (Å²) in [6, 6.07) is 22.7. The zero-order valence-corrected chi connectivity index (χ0v) is 18.6. The van der Waals surface area contributed by atoms with Gasteiger partial charge in [0.2, 0.25) is 0 Å². The second kappa shape index (κ2) is 9.18. The maximum Gasteiger partial charge on any atom is 0.329 e. The number of nitrogens with one attached hydrogen (secondary N) is 1. The Balaban J connectivity index is 1.55. The molecule has 0 unspecified atom stereocenters. The van der Waals surface area contributed by atoms with Crippen LogP contribution in [0, 0.1) is 6.92 Å². The predicted octanol–water partition coefficient (Wildman–Crippen LogP) is 5.43. The van der Waals surface area contributed by atoms with Crippen molar-refractivity contribution in [3.63, 3.8) is 0 Å². The fourth-order valence-corrected chi connectivity index (χ4v) is 3.74. The van der Waals surface area contributed by atoms with Gasteiger partial charge in [0.05, 0.1) is 6.54 Å². The number of imide groups is 1. The Bertz CT molecular complexity index is 1160. The zero-order valence-electron chi connectivity index (χ0n) is 17.0. The highest BCUT2D eigenvalue weighted by Crippen LogP contribution is 2.27. The summed E-state index contributed by atoms with van der Waals surface area (Å²) in [6.07, 6.45) is 1.65. The van der Waals surface area contributed by atoms with Gasteiger partial charge in [-0.2, -0.15) is 0 Å². The van der Waals surface area contributed by atoms with Crippen molar-refractivity contribution in [2.24, 2.45) is 0 Å². The first-order valence-corrected chi connectivity index (χ1v) is 10.7. The van der Waals surface area contributed by atoms with Crippen LogP contribution in [0.15, 0.2) is 83.0 Å². The number of urea groups is 1. The van der Waals surface area contributed by atoms with Crippen molar-refractivity contribution >= 4 is 33.9 Å². The topological polar surface area (TPSA) is 58.6 Å². The maximum atomic E-state index is 12.9. The number of ether oxygens (including phenoxy) is 1. The van der Waals surface area contributed by atoms with Crippen molar-refractivity contribution in [1.29, 1.82) is 0 Å². The van der Waals surface area contributed by atoms with E-state index in [-0.39, 0.29) is 18.1 Å². The van der Waals surface area contributed by atoms with Gasteiger partial charge in [0.15, 0.2) is 0 Å². The molecule has 6 heteroatoms. The molecule has 0 saturated carbocycles. The summed E-state index contributed by atoms with van der Waals surface area (Å²) >= 11 is 3.46. The van der Waals surface area contributed by atoms with Gasteiger partial charge in [0.25, 0.3) is 5.91 Å². The molecule has 0 aromatic heterocycles. The minimum absolute atomic E-state index is 0.222. The molecule has 1 saturated heterocycles. The summed E-state index contributed by atoms with van der Waals surface area (Å²) in [7, 11) is 0. The molecule has 0 bridgehead atoms. The summed E-state index contributed by atoms with van der Waals surface area (Å²) in [5.74, 6) is 0.263. The average Bonchev–Trinajstić information content (AvgIpc) is 3.01. The summed E-state index contributed by atoms with van der Waals surface area (Å²) in [5, 5.41) is 2.69. The van der Waals surface area contributed by atoms with Crippen LogP contribution < -0.4 is 10.1 Å². The summed E-state index contributed by atoms with van der Waals surface area (Å²) in [4.78, 5) is 26.6. The van der Waals surface area contributed by atoms with E-state index in [1.165, 1.54) is 4.90 Å². The van der Waals surface area contributed by atoms with E-state index in [1.54, 1.807) is 6.08 Å². The Hall–Kier alpha value is -3.38. The first-order chi connectivity index (χ1) is 15.0. The third-order valence-corrected chi connectivity index (χ3v) is 5.39. The highest BCUT2D eigenvalue weighted by atomic mass is 79.9. The number of hydrogen-bond donors (Lipinski definition) is 1. The molecule has 1 fully saturated rings. The summed E-state index contributed by atoms with van der Waals surface area (Å²) < 4.78 is 6.83. The van der Waals surface area contributed by atoms with Gasteiger partial charge in [-0.15, -0.1) is 0 Å². The number of benzene rings is 3. The number of carbonyl (C=O) groups is 2. The maximum absolute atomic E-state index is 12.9. The predicted molar refractivity (Wildman–Crippen MR) is 123 cm³/mol. The van der Waals surface area contributed by atoms with E-state index in [4.69, 9.17) is 4.74 Å². The molecule has 0 radical (unpaired) electrons. The molecule has 1 heterocycles. The van der Waals surface area contributed by atoms with E-state index in [1.807, 2.05) is 79.7 Å². The summed E-state index contributed by atoms with van der Waals surface area (Å²) in [6.45, 7) is 2.60. The Morgan fingerprint density at radius 3 is 2.52 bits per heavy atom. The van der Waals surface area contributed by atoms with Gasteiger partial charge in [0.1, 0.15) is 18.1 Å². The Morgan fingerprint density at radius 2 is 1.74 bits per heavy atom. The van der Waals surface area contributed by atoms with Crippen LogP contribution in [0.2, 0.25) is 0 Å². The molecule has 0 spiro atoms. The highest BCUT2D eigenvalue weighted by molar-refractivity contribution is 9.10. The number of aryl methyl sites for hydroxylation is 1.